The largest absolute Gasteiger partial charge is 0.469 e. The van der Waals surface area contributed by atoms with Crippen molar-refractivity contribution in [1.29, 1.82) is 0 Å². The van der Waals surface area contributed by atoms with Gasteiger partial charge in [0.1, 0.15) is 0 Å². The first kappa shape index (κ1) is 15.7. The van der Waals surface area contributed by atoms with Gasteiger partial charge in [-0.15, -0.1) is 0 Å². The van der Waals surface area contributed by atoms with Crippen LogP contribution in [0.5, 0.6) is 0 Å². The zero-order chi connectivity index (χ0) is 14.1. The number of pyridine rings is 1. The predicted octanol–water partition coefficient (Wildman–Crippen LogP) is 1.14. The van der Waals surface area contributed by atoms with Gasteiger partial charge in [-0.3, -0.25) is 14.6 Å². The third kappa shape index (κ3) is 5.40. The molecule has 0 aliphatic rings. The van der Waals surface area contributed by atoms with Gasteiger partial charge in [0, 0.05) is 41.9 Å². The van der Waals surface area contributed by atoms with Crippen molar-refractivity contribution in [1.82, 2.24) is 4.98 Å². The molecular weight excluding hydrogens is 264 g/mol. The van der Waals surface area contributed by atoms with Crippen molar-refractivity contribution in [2.75, 3.05) is 25.2 Å². The van der Waals surface area contributed by atoms with E-state index in [1.807, 2.05) is 0 Å². The number of ether oxygens (including phenoxy) is 1. The molecule has 1 aromatic heterocycles. The Morgan fingerprint density at radius 1 is 1.53 bits per heavy atom. The lowest BCUT2D eigenvalue weighted by Crippen LogP contribution is -2.22. The van der Waals surface area contributed by atoms with Gasteiger partial charge in [0.05, 0.1) is 13.5 Å². The lowest BCUT2D eigenvalue weighted by Gasteiger charge is -2.14. The van der Waals surface area contributed by atoms with Crippen molar-refractivity contribution < 1.29 is 14.3 Å². The van der Waals surface area contributed by atoms with Crippen molar-refractivity contribution >= 4 is 23.5 Å². The average molecular weight is 282 g/mol. The van der Waals surface area contributed by atoms with Gasteiger partial charge in [-0.05, 0) is 12.1 Å². The smallest absolute Gasteiger partial charge is 0.306 e. The zero-order valence-electron chi connectivity index (χ0n) is 10.9. The number of carbonyl (C=O) groups is 2. The van der Waals surface area contributed by atoms with E-state index >= 15 is 0 Å². The summed E-state index contributed by atoms with van der Waals surface area (Å²) in [5.74, 6) is 0.463. The van der Waals surface area contributed by atoms with Gasteiger partial charge in [-0.25, -0.2) is 0 Å². The van der Waals surface area contributed by atoms with Gasteiger partial charge in [0.15, 0.2) is 5.78 Å². The van der Waals surface area contributed by atoms with Crippen LogP contribution in [0.2, 0.25) is 0 Å². The van der Waals surface area contributed by atoms with E-state index in [1.54, 1.807) is 30.1 Å². The average Bonchev–Trinajstić information content (AvgIpc) is 2.46. The molecule has 1 aromatic rings. The van der Waals surface area contributed by atoms with Crippen LogP contribution in [0.4, 0.5) is 0 Å². The maximum absolute atomic E-state index is 12.3. The standard InChI is InChI=1S/C13H18N2O3S/c1-18-12(16)7-11(9-19-6-4-14)13(17)10-3-2-5-15-8-10/h2-3,5,8,11H,4,6-7,9,14H2,1H3. The Kier molecular flexibility index (Phi) is 7.14. The number of thioether (sulfide) groups is 1. The number of ketones is 1. The lowest BCUT2D eigenvalue weighted by molar-refractivity contribution is -0.141. The molecular formula is C13H18N2O3S. The summed E-state index contributed by atoms with van der Waals surface area (Å²) in [6.45, 7) is 0.552. The number of nitrogens with two attached hydrogens (primary N) is 1. The molecule has 1 heterocycles. The molecule has 2 N–H and O–H groups in total. The molecule has 1 unspecified atom stereocenters. The molecule has 19 heavy (non-hydrogen) atoms. The number of methoxy groups -OCH3 is 1. The fraction of sp³-hybridized carbons (Fsp3) is 0.462. The minimum absolute atomic E-state index is 0.0805. The Labute approximate surface area is 116 Å². The van der Waals surface area contributed by atoms with E-state index in [1.165, 1.54) is 13.3 Å². The molecule has 0 spiro atoms. The Bertz CT molecular complexity index is 412. The van der Waals surface area contributed by atoms with Gasteiger partial charge in [-0.1, -0.05) is 0 Å². The summed E-state index contributed by atoms with van der Waals surface area (Å²) < 4.78 is 4.63. The molecule has 0 radical (unpaired) electrons. The number of carbonyl (C=O) groups excluding carboxylic acids is 2. The van der Waals surface area contributed by atoms with Gasteiger partial charge >= 0.3 is 5.97 Å². The highest BCUT2D eigenvalue weighted by Gasteiger charge is 2.23. The number of aromatic nitrogens is 1. The molecule has 0 aliphatic carbocycles. The highest BCUT2D eigenvalue weighted by molar-refractivity contribution is 7.99. The van der Waals surface area contributed by atoms with Gasteiger partial charge in [0.25, 0.3) is 0 Å². The number of hydrogen-bond acceptors (Lipinski definition) is 6. The van der Waals surface area contributed by atoms with Crippen LogP contribution >= 0.6 is 11.8 Å². The highest BCUT2D eigenvalue weighted by Crippen LogP contribution is 2.18. The van der Waals surface area contributed by atoms with Crippen LogP contribution in [0.25, 0.3) is 0 Å². The first-order valence-electron chi connectivity index (χ1n) is 5.98. The Morgan fingerprint density at radius 3 is 2.89 bits per heavy atom. The summed E-state index contributed by atoms with van der Waals surface area (Å²) in [7, 11) is 1.32. The fourth-order valence-corrected chi connectivity index (χ4v) is 2.45. The fourth-order valence-electron chi connectivity index (χ4n) is 1.56. The second kappa shape index (κ2) is 8.66. The molecule has 0 bridgehead atoms. The van der Waals surface area contributed by atoms with Crippen LogP contribution in [-0.2, 0) is 9.53 Å². The second-order valence-corrected chi connectivity index (χ2v) is 5.10. The monoisotopic (exact) mass is 282 g/mol. The molecule has 104 valence electrons. The predicted molar refractivity (Wildman–Crippen MR) is 75.1 cm³/mol. The molecule has 0 saturated heterocycles. The summed E-state index contributed by atoms with van der Waals surface area (Å²) in [6, 6.07) is 3.41. The molecule has 1 rings (SSSR count). The van der Waals surface area contributed by atoms with Crippen LogP contribution < -0.4 is 5.73 Å². The quantitative estimate of drug-likeness (QED) is 0.437. The van der Waals surface area contributed by atoms with Gasteiger partial charge < -0.3 is 10.5 Å². The van der Waals surface area contributed by atoms with Crippen molar-refractivity contribution in [2.24, 2.45) is 11.7 Å². The molecule has 0 saturated carbocycles. The third-order valence-corrected chi connectivity index (χ3v) is 3.70. The van der Waals surface area contributed by atoms with Crippen LogP contribution in [0.1, 0.15) is 16.8 Å². The van der Waals surface area contributed by atoms with Gasteiger partial charge in [0.2, 0.25) is 0 Å². The number of esters is 1. The third-order valence-electron chi connectivity index (χ3n) is 2.54. The first-order valence-corrected chi connectivity index (χ1v) is 7.13. The van der Waals surface area contributed by atoms with E-state index in [-0.39, 0.29) is 18.2 Å². The van der Waals surface area contributed by atoms with Crippen molar-refractivity contribution in [3.8, 4) is 0 Å². The molecule has 1 atom stereocenters. The van der Waals surface area contributed by atoms with Crippen LogP contribution in [0.3, 0.4) is 0 Å². The lowest BCUT2D eigenvalue weighted by atomic mass is 9.97. The van der Waals surface area contributed by atoms with E-state index < -0.39 is 5.92 Å². The minimum Gasteiger partial charge on any atom is -0.469 e. The van der Waals surface area contributed by atoms with Gasteiger partial charge in [-0.2, -0.15) is 11.8 Å². The summed E-state index contributed by atoms with van der Waals surface area (Å²) >= 11 is 1.56. The first-order chi connectivity index (χ1) is 9.19. The van der Waals surface area contributed by atoms with E-state index in [9.17, 15) is 9.59 Å². The topological polar surface area (TPSA) is 82.3 Å². The summed E-state index contributed by atoms with van der Waals surface area (Å²) in [5, 5.41) is 0. The van der Waals surface area contributed by atoms with E-state index in [0.717, 1.165) is 5.75 Å². The molecule has 0 fully saturated rings. The summed E-state index contributed by atoms with van der Waals surface area (Å²) in [4.78, 5) is 27.6. The van der Waals surface area contributed by atoms with Crippen LogP contribution in [0, 0.1) is 5.92 Å². The summed E-state index contributed by atoms with van der Waals surface area (Å²) in [6.07, 6.45) is 3.21. The molecule has 5 nitrogen and oxygen atoms in total. The SMILES string of the molecule is COC(=O)CC(CSCCN)C(=O)c1cccnc1. The molecule has 6 heteroatoms. The molecule has 0 amide bonds. The number of nitrogens with zero attached hydrogens (tertiary/aromatic N) is 1. The Hall–Kier alpha value is -1.40. The Balaban J connectivity index is 2.71. The number of rotatable bonds is 8. The maximum atomic E-state index is 12.3. The zero-order valence-corrected chi connectivity index (χ0v) is 11.7. The van der Waals surface area contributed by atoms with Crippen LogP contribution in [-0.4, -0.2) is 41.9 Å². The number of Topliss-reactive ketones (excluding diaryl/α,β-unsaturated/α-hetero) is 1. The Morgan fingerprint density at radius 2 is 2.32 bits per heavy atom. The summed E-state index contributed by atoms with van der Waals surface area (Å²) in [5.41, 5.74) is 5.94. The highest BCUT2D eigenvalue weighted by atomic mass is 32.2. The maximum Gasteiger partial charge on any atom is 0.306 e. The molecule has 0 aromatic carbocycles. The van der Waals surface area contributed by atoms with E-state index in [4.69, 9.17) is 5.73 Å². The normalized spacial score (nSPS) is 11.9. The molecule has 0 aliphatic heterocycles. The second-order valence-electron chi connectivity index (χ2n) is 3.95. The van der Waals surface area contributed by atoms with Crippen molar-refractivity contribution in [2.45, 2.75) is 6.42 Å². The van der Waals surface area contributed by atoms with E-state index in [0.29, 0.717) is 17.9 Å². The van der Waals surface area contributed by atoms with E-state index in [2.05, 4.69) is 9.72 Å². The minimum atomic E-state index is -0.395. The van der Waals surface area contributed by atoms with Crippen molar-refractivity contribution in [3.63, 3.8) is 0 Å². The van der Waals surface area contributed by atoms with Crippen LogP contribution in [0.15, 0.2) is 24.5 Å². The van der Waals surface area contributed by atoms with Crippen molar-refractivity contribution in [3.05, 3.63) is 30.1 Å². The number of hydrogen-bond donors (Lipinski definition) is 1.